The van der Waals surface area contributed by atoms with Gasteiger partial charge in [-0.1, -0.05) is 17.7 Å². The molecule has 26 heavy (non-hydrogen) atoms. The Morgan fingerprint density at radius 1 is 1.04 bits per heavy atom. The van der Waals surface area contributed by atoms with Gasteiger partial charge in [0.05, 0.1) is 11.2 Å². The fraction of sp³-hybridized carbons (Fsp3) is 0.125. The van der Waals surface area contributed by atoms with Crippen LogP contribution in [0.5, 0.6) is 0 Å². The van der Waals surface area contributed by atoms with Gasteiger partial charge in [-0.25, -0.2) is 21.6 Å². The SMILES string of the molecule is O=S(=O)(NC[C@@H](c1ccco1)S(=O)(=O)c1ccc(Cl)cc1)c1cccs1. The topological polar surface area (TPSA) is 93.4 Å². The molecule has 1 N–H and O–H groups in total. The van der Waals surface area contributed by atoms with Crippen molar-refractivity contribution >= 4 is 42.8 Å². The standard InChI is InChI=1S/C16H14ClNO5S3/c17-12-5-7-13(8-6-12)25(19,20)15(14-3-1-9-23-14)11-18-26(21,22)16-4-2-10-24-16/h1-10,15,18H,11H2/t15-/m0/s1. The molecule has 3 aromatic rings. The summed E-state index contributed by atoms with van der Waals surface area (Å²) >= 11 is 6.86. The molecular weight excluding hydrogens is 418 g/mol. The van der Waals surface area contributed by atoms with Crippen LogP contribution >= 0.6 is 22.9 Å². The number of sulfonamides is 1. The number of furan rings is 1. The summed E-state index contributed by atoms with van der Waals surface area (Å²) < 4.78 is 58.4. The van der Waals surface area contributed by atoms with Gasteiger partial charge >= 0.3 is 0 Å². The molecule has 0 saturated carbocycles. The van der Waals surface area contributed by atoms with E-state index in [-0.39, 0.29) is 21.4 Å². The van der Waals surface area contributed by atoms with Crippen molar-refractivity contribution in [3.05, 3.63) is 71.0 Å². The molecule has 0 aliphatic carbocycles. The van der Waals surface area contributed by atoms with Gasteiger partial charge in [-0.05, 0) is 47.8 Å². The lowest BCUT2D eigenvalue weighted by Crippen LogP contribution is -2.31. The number of hydrogen-bond donors (Lipinski definition) is 1. The second-order valence-corrected chi connectivity index (χ2v) is 10.8. The van der Waals surface area contributed by atoms with Crippen LogP contribution in [0.15, 0.2) is 73.7 Å². The summed E-state index contributed by atoms with van der Waals surface area (Å²) in [6.07, 6.45) is 1.34. The molecule has 1 atom stereocenters. The largest absolute Gasteiger partial charge is 0.468 e. The summed E-state index contributed by atoms with van der Waals surface area (Å²) in [5.74, 6) is 0.147. The van der Waals surface area contributed by atoms with Crippen molar-refractivity contribution in [2.45, 2.75) is 14.4 Å². The third-order valence-corrected chi connectivity index (χ3v) is 8.75. The van der Waals surface area contributed by atoms with Crippen LogP contribution in [0.2, 0.25) is 5.02 Å². The van der Waals surface area contributed by atoms with Gasteiger partial charge in [0, 0.05) is 11.6 Å². The van der Waals surface area contributed by atoms with Gasteiger partial charge in [0.1, 0.15) is 15.2 Å². The Bertz CT molecular complexity index is 1060. The van der Waals surface area contributed by atoms with Crippen LogP contribution in [-0.4, -0.2) is 23.4 Å². The fourth-order valence-corrected chi connectivity index (χ4v) is 6.20. The normalized spacial score (nSPS) is 13.6. The molecule has 0 fully saturated rings. The molecule has 0 unspecified atom stereocenters. The third-order valence-electron chi connectivity index (χ3n) is 3.60. The minimum Gasteiger partial charge on any atom is -0.468 e. The van der Waals surface area contributed by atoms with Crippen molar-refractivity contribution in [2.75, 3.05) is 6.54 Å². The van der Waals surface area contributed by atoms with E-state index in [4.69, 9.17) is 16.0 Å². The second kappa shape index (κ2) is 7.53. The van der Waals surface area contributed by atoms with Crippen molar-refractivity contribution < 1.29 is 21.3 Å². The average Bonchev–Trinajstić information content (AvgIpc) is 3.29. The predicted molar refractivity (Wildman–Crippen MR) is 99.6 cm³/mol. The number of benzene rings is 1. The molecule has 0 bridgehead atoms. The molecule has 0 saturated heterocycles. The van der Waals surface area contributed by atoms with E-state index >= 15 is 0 Å². The van der Waals surface area contributed by atoms with Crippen LogP contribution in [0.25, 0.3) is 0 Å². The molecule has 10 heteroatoms. The highest BCUT2D eigenvalue weighted by Crippen LogP contribution is 2.30. The number of thiophene rings is 1. The highest BCUT2D eigenvalue weighted by molar-refractivity contribution is 7.92. The first-order chi connectivity index (χ1) is 12.3. The van der Waals surface area contributed by atoms with Crippen LogP contribution in [-0.2, 0) is 19.9 Å². The van der Waals surface area contributed by atoms with Crippen LogP contribution in [0, 0.1) is 0 Å². The van der Waals surface area contributed by atoms with E-state index in [1.54, 1.807) is 17.5 Å². The first kappa shape index (κ1) is 19.1. The Labute approximate surface area is 160 Å². The van der Waals surface area contributed by atoms with Crippen molar-refractivity contribution in [1.29, 1.82) is 0 Å². The molecule has 0 amide bonds. The smallest absolute Gasteiger partial charge is 0.250 e. The van der Waals surface area contributed by atoms with Crippen molar-refractivity contribution in [2.24, 2.45) is 0 Å². The summed E-state index contributed by atoms with van der Waals surface area (Å²) in [6.45, 7) is -0.362. The number of sulfone groups is 1. The molecule has 0 radical (unpaired) electrons. The second-order valence-electron chi connectivity index (χ2n) is 5.29. The number of nitrogens with one attached hydrogen (secondary N) is 1. The zero-order valence-electron chi connectivity index (χ0n) is 13.2. The van der Waals surface area contributed by atoms with E-state index in [9.17, 15) is 16.8 Å². The molecule has 2 heterocycles. The quantitative estimate of drug-likeness (QED) is 0.618. The Hall–Kier alpha value is -1.65. The maximum atomic E-state index is 13.0. The van der Waals surface area contributed by atoms with Gasteiger partial charge in [0.2, 0.25) is 10.0 Å². The van der Waals surface area contributed by atoms with E-state index in [0.29, 0.717) is 5.02 Å². The minimum absolute atomic E-state index is 0.0265. The summed E-state index contributed by atoms with van der Waals surface area (Å²) in [4.78, 5) is 0.0265. The van der Waals surface area contributed by atoms with E-state index in [1.165, 1.54) is 42.7 Å². The average molecular weight is 432 g/mol. The number of hydrogen-bond acceptors (Lipinski definition) is 6. The summed E-state index contributed by atoms with van der Waals surface area (Å²) in [5.41, 5.74) is 0. The molecule has 1 aromatic carbocycles. The van der Waals surface area contributed by atoms with Gasteiger partial charge in [-0.2, -0.15) is 0 Å². The van der Waals surface area contributed by atoms with Crippen molar-refractivity contribution in [3.63, 3.8) is 0 Å². The highest BCUT2D eigenvalue weighted by Gasteiger charge is 2.33. The maximum absolute atomic E-state index is 13.0. The van der Waals surface area contributed by atoms with Gasteiger partial charge in [0.25, 0.3) is 0 Å². The Balaban J connectivity index is 1.93. The number of halogens is 1. The van der Waals surface area contributed by atoms with Crippen LogP contribution in [0.3, 0.4) is 0 Å². The minimum atomic E-state index is -3.91. The Kier molecular flexibility index (Phi) is 5.54. The van der Waals surface area contributed by atoms with Crippen LogP contribution in [0.1, 0.15) is 11.0 Å². The van der Waals surface area contributed by atoms with E-state index in [0.717, 1.165) is 11.3 Å². The van der Waals surface area contributed by atoms with E-state index in [2.05, 4.69) is 4.72 Å². The maximum Gasteiger partial charge on any atom is 0.250 e. The summed E-state index contributed by atoms with van der Waals surface area (Å²) in [6, 6.07) is 11.8. The van der Waals surface area contributed by atoms with Gasteiger partial charge < -0.3 is 4.42 Å². The molecule has 138 valence electrons. The van der Waals surface area contributed by atoms with E-state index < -0.39 is 25.1 Å². The molecular formula is C16H14ClNO5S3. The highest BCUT2D eigenvalue weighted by atomic mass is 35.5. The molecule has 0 aliphatic heterocycles. The van der Waals surface area contributed by atoms with Gasteiger partial charge in [-0.3, -0.25) is 0 Å². The Morgan fingerprint density at radius 3 is 2.35 bits per heavy atom. The molecule has 0 spiro atoms. The molecule has 6 nitrogen and oxygen atoms in total. The van der Waals surface area contributed by atoms with Crippen LogP contribution < -0.4 is 4.72 Å². The first-order valence-electron chi connectivity index (χ1n) is 7.37. The van der Waals surface area contributed by atoms with E-state index in [1.807, 2.05) is 0 Å². The molecule has 0 aliphatic rings. The van der Waals surface area contributed by atoms with Crippen molar-refractivity contribution in [3.8, 4) is 0 Å². The summed E-state index contributed by atoms with van der Waals surface area (Å²) in [5, 5.41) is 0.813. The van der Waals surface area contributed by atoms with Crippen LogP contribution in [0.4, 0.5) is 0 Å². The third kappa shape index (κ3) is 4.02. The van der Waals surface area contributed by atoms with Gasteiger partial charge in [0.15, 0.2) is 9.84 Å². The fourth-order valence-electron chi connectivity index (χ4n) is 2.30. The Morgan fingerprint density at radius 2 is 1.77 bits per heavy atom. The lowest BCUT2D eigenvalue weighted by atomic mass is 10.3. The number of rotatable bonds is 7. The van der Waals surface area contributed by atoms with Crippen molar-refractivity contribution in [1.82, 2.24) is 4.72 Å². The monoisotopic (exact) mass is 431 g/mol. The zero-order chi connectivity index (χ0) is 18.8. The molecule has 3 rings (SSSR count). The molecule has 2 aromatic heterocycles. The van der Waals surface area contributed by atoms with Gasteiger partial charge in [-0.15, -0.1) is 11.3 Å². The zero-order valence-corrected chi connectivity index (χ0v) is 16.4. The predicted octanol–water partition coefficient (Wildman–Crippen LogP) is 3.49. The lowest BCUT2D eigenvalue weighted by molar-refractivity contribution is 0.487. The first-order valence-corrected chi connectivity index (χ1v) is 11.7. The summed E-state index contributed by atoms with van der Waals surface area (Å²) in [7, 11) is -7.72. The lowest BCUT2D eigenvalue weighted by Gasteiger charge is -2.16.